The number of nitrogens with zero attached hydrogens (tertiary/aromatic N) is 3. The molecule has 0 radical (unpaired) electrons. The molecule has 0 spiro atoms. The lowest BCUT2D eigenvalue weighted by atomic mass is 10.0. The number of carbonyl (C=O) groups excluding carboxylic acids is 2. The van der Waals surface area contributed by atoms with Crippen LogP contribution in [0.15, 0.2) is 71.9 Å². The van der Waals surface area contributed by atoms with Crippen molar-refractivity contribution >= 4 is 29.4 Å². The molecule has 5 nitrogen and oxygen atoms in total. The summed E-state index contributed by atoms with van der Waals surface area (Å²) in [4.78, 5) is 32.4. The zero-order chi connectivity index (χ0) is 23.8. The number of aromatic nitrogens is 1. The Bertz CT molecular complexity index is 1180. The summed E-state index contributed by atoms with van der Waals surface area (Å²) in [6.07, 6.45) is 3.16. The van der Waals surface area contributed by atoms with Gasteiger partial charge in [0.15, 0.2) is 0 Å². The second-order valence-electron chi connectivity index (χ2n) is 7.34. The molecule has 10 heteroatoms. The lowest BCUT2D eigenvalue weighted by Gasteiger charge is -2.21. The van der Waals surface area contributed by atoms with Gasteiger partial charge in [-0.3, -0.25) is 9.78 Å². The Morgan fingerprint density at radius 1 is 1.00 bits per heavy atom. The standard InChI is InChI=1S/C23H17F4N3O2S/c1-14-21(31)30(18-6-8-19(9-7-18)33-23(25,26)27)22(32)29(14)13-16-10-11-28-12-20(16)15-2-4-17(24)5-3-15/h2-12,14H,13H2,1H3. The molecule has 1 aliphatic rings. The van der Waals surface area contributed by atoms with Crippen LogP contribution in [0.5, 0.6) is 0 Å². The molecule has 4 rings (SSSR count). The smallest absolute Gasteiger partial charge is 0.308 e. The van der Waals surface area contributed by atoms with Gasteiger partial charge in [0.1, 0.15) is 11.9 Å². The molecule has 1 aliphatic heterocycles. The largest absolute Gasteiger partial charge is 0.446 e. The molecule has 0 aliphatic carbocycles. The average molecular weight is 475 g/mol. The number of pyridine rings is 1. The van der Waals surface area contributed by atoms with Crippen molar-refractivity contribution in [2.45, 2.75) is 29.9 Å². The van der Waals surface area contributed by atoms with Gasteiger partial charge in [-0.15, -0.1) is 0 Å². The second kappa shape index (κ2) is 8.86. The Labute approximate surface area is 191 Å². The van der Waals surface area contributed by atoms with Gasteiger partial charge < -0.3 is 4.90 Å². The summed E-state index contributed by atoms with van der Waals surface area (Å²) in [6.45, 7) is 1.69. The van der Waals surface area contributed by atoms with E-state index in [1.54, 1.807) is 37.5 Å². The maximum Gasteiger partial charge on any atom is 0.446 e. The minimum Gasteiger partial charge on any atom is -0.308 e. The molecular weight excluding hydrogens is 458 g/mol. The van der Waals surface area contributed by atoms with Crippen molar-refractivity contribution in [2.75, 3.05) is 4.90 Å². The van der Waals surface area contributed by atoms with Crippen molar-refractivity contribution in [2.24, 2.45) is 0 Å². The van der Waals surface area contributed by atoms with Crippen LogP contribution in [0.3, 0.4) is 0 Å². The van der Waals surface area contributed by atoms with E-state index in [-0.39, 0.29) is 34.7 Å². The molecule has 3 aromatic rings. The van der Waals surface area contributed by atoms with Crippen LogP contribution in [0.2, 0.25) is 0 Å². The summed E-state index contributed by atoms with van der Waals surface area (Å²) in [5.41, 5.74) is -2.13. The summed E-state index contributed by atoms with van der Waals surface area (Å²) in [5.74, 6) is -0.859. The number of thioether (sulfide) groups is 1. The van der Waals surface area contributed by atoms with Crippen LogP contribution in [-0.2, 0) is 11.3 Å². The third-order valence-corrected chi connectivity index (χ3v) is 5.96. The van der Waals surface area contributed by atoms with Crippen molar-refractivity contribution in [3.8, 4) is 11.1 Å². The maximum atomic E-state index is 13.3. The minimum atomic E-state index is -4.43. The fraction of sp³-hybridized carbons (Fsp3) is 0.174. The van der Waals surface area contributed by atoms with Gasteiger partial charge in [-0.25, -0.2) is 14.1 Å². The van der Waals surface area contributed by atoms with Crippen LogP contribution >= 0.6 is 11.8 Å². The first-order chi connectivity index (χ1) is 15.6. The predicted molar refractivity (Wildman–Crippen MR) is 116 cm³/mol. The van der Waals surface area contributed by atoms with Crippen molar-refractivity contribution in [3.05, 3.63) is 78.4 Å². The van der Waals surface area contributed by atoms with Gasteiger partial charge >= 0.3 is 11.5 Å². The highest BCUT2D eigenvalue weighted by molar-refractivity contribution is 8.00. The Morgan fingerprint density at radius 2 is 1.67 bits per heavy atom. The van der Waals surface area contributed by atoms with Crippen LogP contribution in [-0.4, -0.2) is 33.4 Å². The number of amides is 3. The third kappa shape index (κ3) is 4.85. The lowest BCUT2D eigenvalue weighted by molar-refractivity contribution is -0.119. The van der Waals surface area contributed by atoms with E-state index in [1.807, 2.05) is 0 Å². The van der Waals surface area contributed by atoms with Crippen LogP contribution < -0.4 is 4.90 Å². The Morgan fingerprint density at radius 3 is 2.30 bits per heavy atom. The van der Waals surface area contributed by atoms with E-state index in [0.717, 1.165) is 4.90 Å². The maximum absolute atomic E-state index is 13.3. The second-order valence-corrected chi connectivity index (χ2v) is 8.48. The van der Waals surface area contributed by atoms with Gasteiger partial charge in [0, 0.05) is 29.4 Å². The fourth-order valence-electron chi connectivity index (χ4n) is 3.58. The van der Waals surface area contributed by atoms with Gasteiger partial charge in [-0.1, -0.05) is 12.1 Å². The summed E-state index contributed by atoms with van der Waals surface area (Å²) in [6, 6.07) is 11.3. The van der Waals surface area contributed by atoms with Crippen molar-refractivity contribution in [3.63, 3.8) is 0 Å². The zero-order valence-electron chi connectivity index (χ0n) is 17.2. The van der Waals surface area contributed by atoms with E-state index >= 15 is 0 Å². The SMILES string of the molecule is CC1C(=O)N(c2ccc(SC(F)(F)F)cc2)C(=O)N1Cc1ccncc1-c1ccc(F)cc1. The molecule has 0 bridgehead atoms. The van der Waals surface area contributed by atoms with E-state index in [4.69, 9.17) is 0 Å². The number of urea groups is 1. The highest BCUT2D eigenvalue weighted by atomic mass is 32.2. The third-order valence-electron chi connectivity index (χ3n) is 5.22. The quantitative estimate of drug-likeness (QED) is 0.264. The number of anilines is 1. The van der Waals surface area contributed by atoms with Crippen molar-refractivity contribution < 1.29 is 27.2 Å². The van der Waals surface area contributed by atoms with Crippen molar-refractivity contribution in [1.29, 1.82) is 0 Å². The molecule has 1 atom stereocenters. The van der Waals surface area contributed by atoms with E-state index in [9.17, 15) is 27.2 Å². The molecule has 1 fully saturated rings. The molecule has 3 amide bonds. The number of rotatable bonds is 5. The Balaban J connectivity index is 1.58. The topological polar surface area (TPSA) is 53.5 Å². The molecule has 1 saturated heterocycles. The molecule has 33 heavy (non-hydrogen) atoms. The molecule has 170 valence electrons. The summed E-state index contributed by atoms with van der Waals surface area (Å²) in [5, 5.41) is 0. The van der Waals surface area contributed by atoms with Crippen molar-refractivity contribution in [1.82, 2.24) is 9.88 Å². The molecule has 2 aromatic carbocycles. The number of hydrogen-bond acceptors (Lipinski definition) is 4. The molecule has 2 heterocycles. The van der Waals surface area contributed by atoms with Gasteiger partial charge in [0.2, 0.25) is 0 Å². The first kappa shape index (κ1) is 22.8. The molecule has 1 aromatic heterocycles. The van der Waals surface area contributed by atoms with E-state index < -0.39 is 23.5 Å². The Hall–Kier alpha value is -3.40. The molecular formula is C23H17F4N3O2S. The van der Waals surface area contributed by atoms with Crippen LogP contribution in [0.1, 0.15) is 12.5 Å². The van der Waals surface area contributed by atoms with Crippen LogP contribution in [0.25, 0.3) is 11.1 Å². The first-order valence-corrected chi connectivity index (χ1v) is 10.6. The van der Waals surface area contributed by atoms with E-state index in [1.165, 1.54) is 41.3 Å². The normalized spacial score (nSPS) is 16.6. The van der Waals surface area contributed by atoms with Crippen LogP contribution in [0, 0.1) is 5.82 Å². The Kier molecular flexibility index (Phi) is 6.11. The van der Waals surface area contributed by atoms with E-state index in [2.05, 4.69) is 4.98 Å². The number of carbonyl (C=O) groups is 2. The monoisotopic (exact) mass is 475 g/mol. The number of imide groups is 1. The first-order valence-electron chi connectivity index (χ1n) is 9.83. The molecule has 0 N–H and O–H groups in total. The summed E-state index contributed by atoms with van der Waals surface area (Å²) < 4.78 is 51.0. The number of hydrogen-bond donors (Lipinski definition) is 0. The zero-order valence-corrected chi connectivity index (χ0v) is 18.0. The highest BCUT2D eigenvalue weighted by Gasteiger charge is 2.43. The summed E-state index contributed by atoms with van der Waals surface area (Å²) >= 11 is -0.271. The fourth-order valence-corrected chi connectivity index (χ4v) is 4.12. The lowest BCUT2D eigenvalue weighted by Crippen LogP contribution is -2.33. The number of halogens is 4. The highest BCUT2D eigenvalue weighted by Crippen LogP contribution is 2.38. The average Bonchev–Trinajstić information content (AvgIpc) is 2.98. The summed E-state index contributed by atoms with van der Waals surface area (Å²) in [7, 11) is 0. The number of alkyl halides is 3. The minimum absolute atomic E-state index is 0.0454. The van der Waals surface area contributed by atoms with Gasteiger partial charge in [-0.05, 0) is 72.3 Å². The van der Waals surface area contributed by atoms with E-state index in [0.29, 0.717) is 16.7 Å². The van der Waals surface area contributed by atoms with Gasteiger partial charge in [0.25, 0.3) is 5.91 Å². The predicted octanol–water partition coefficient (Wildman–Crippen LogP) is 5.86. The van der Waals surface area contributed by atoms with Gasteiger partial charge in [-0.2, -0.15) is 13.2 Å². The molecule has 1 unspecified atom stereocenters. The van der Waals surface area contributed by atoms with Gasteiger partial charge in [0.05, 0.1) is 5.69 Å². The number of benzene rings is 2. The molecule has 0 saturated carbocycles. The van der Waals surface area contributed by atoms with Crippen LogP contribution in [0.4, 0.5) is 28.0 Å².